The fourth-order valence-electron chi connectivity index (χ4n) is 1.93. The first-order valence-corrected chi connectivity index (χ1v) is 6.39. The second-order valence-electron chi connectivity index (χ2n) is 4.35. The van der Waals surface area contributed by atoms with E-state index in [9.17, 15) is 0 Å². The van der Waals surface area contributed by atoms with E-state index < -0.39 is 0 Å². The summed E-state index contributed by atoms with van der Waals surface area (Å²) in [5, 5.41) is 4.04. The van der Waals surface area contributed by atoms with E-state index in [2.05, 4.69) is 27.1 Å². The summed E-state index contributed by atoms with van der Waals surface area (Å²) in [5.41, 5.74) is 0. The van der Waals surface area contributed by atoms with Crippen LogP contribution in [0.4, 0.5) is 5.82 Å². The first kappa shape index (κ1) is 12.6. The Morgan fingerprint density at radius 1 is 1.41 bits per heavy atom. The number of nitrogens with zero attached hydrogens (tertiary/aromatic N) is 3. The van der Waals surface area contributed by atoms with Crippen molar-refractivity contribution in [3.63, 3.8) is 0 Å². The van der Waals surface area contributed by atoms with Gasteiger partial charge in [-0.05, 0) is 12.1 Å². The smallest absolute Gasteiger partial charge is 0.128 e. The van der Waals surface area contributed by atoms with Crippen molar-refractivity contribution in [2.45, 2.75) is 0 Å². The monoisotopic (exact) mass is 254 g/mol. The molecule has 0 bridgehead atoms. The molecule has 2 rings (SSSR count). The fourth-order valence-corrected chi connectivity index (χ4v) is 2.05. The molecule has 0 amide bonds. The molecule has 0 aromatic carbocycles. The number of halogens is 1. The molecule has 0 unspecified atom stereocenters. The Morgan fingerprint density at radius 3 is 2.82 bits per heavy atom. The van der Waals surface area contributed by atoms with Crippen LogP contribution in [-0.4, -0.2) is 56.2 Å². The topological polar surface area (TPSA) is 31.4 Å². The Kier molecular flexibility index (Phi) is 4.59. The van der Waals surface area contributed by atoms with E-state index in [0.29, 0.717) is 5.02 Å². The van der Waals surface area contributed by atoms with Crippen LogP contribution in [0.1, 0.15) is 0 Å². The van der Waals surface area contributed by atoms with Gasteiger partial charge in [0.2, 0.25) is 0 Å². The van der Waals surface area contributed by atoms with Gasteiger partial charge in [-0.2, -0.15) is 0 Å². The summed E-state index contributed by atoms with van der Waals surface area (Å²) < 4.78 is 0. The second kappa shape index (κ2) is 6.19. The summed E-state index contributed by atoms with van der Waals surface area (Å²) in [7, 11) is 2.07. The second-order valence-corrected chi connectivity index (χ2v) is 4.78. The van der Waals surface area contributed by atoms with Crippen LogP contribution in [0.3, 0.4) is 0 Å². The fraction of sp³-hybridized carbons (Fsp3) is 0.583. The maximum absolute atomic E-state index is 5.82. The van der Waals surface area contributed by atoms with Gasteiger partial charge in [-0.25, -0.2) is 4.98 Å². The molecule has 0 aliphatic carbocycles. The lowest BCUT2D eigenvalue weighted by atomic mass is 10.3. The van der Waals surface area contributed by atoms with Gasteiger partial charge in [0.15, 0.2) is 0 Å². The van der Waals surface area contributed by atoms with Gasteiger partial charge < -0.3 is 10.2 Å². The standard InChI is InChI=1S/C12H19ClN4/c1-16(12-3-2-11(13)10-15-12)8-9-17-6-4-14-5-7-17/h2-3,10,14H,4-9H2,1H3. The first-order chi connectivity index (χ1) is 8.25. The Bertz CT molecular complexity index is 335. The van der Waals surface area contributed by atoms with Crippen molar-refractivity contribution in [2.75, 3.05) is 51.2 Å². The molecule has 4 nitrogen and oxygen atoms in total. The zero-order chi connectivity index (χ0) is 12.1. The van der Waals surface area contributed by atoms with Gasteiger partial charge in [0.05, 0.1) is 5.02 Å². The number of pyridine rings is 1. The zero-order valence-corrected chi connectivity index (χ0v) is 11.0. The molecule has 1 aliphatic rings. The van der Waals surface area contributed by atoms with Crippen LogP contribution < -0.4 is 10.2 Å². The van der Waals surface area contributed by atoms with Crippen LogP contribution in [0, 0.1) is 0 Å². The Hall–Kier alpha value is -0.840. The molecule has 1 fully saturated rings. The van der Waals surface area contributed by atoms with Crippen molar-refractivity contribution in [1.82, 2.24) is 15.2 Å². The van der Waals surface area contributed by atoms with Gasteiger partial charge in [0.25, 0.3) is 0 Å². The van der Waals surface area contributed by atoms with Crippen LogP contribution in [0.2, 0.25) is 5.02 Å². The van der Waals surface area contributed by atoms with Crippen LogP contribution in [0.5, 0.6) is 0 Å². The molecular formula is C12H19ClN4. The third-order valence-electron chi connectivity index (χ3n) is 3.06. The van der Waals surface area contributed by atoms with E-state index >= 15 is 0 Å². The molecular weight excluding hydrogens is 236 g/mol. The summed E-state index contributed by atoms with van der Waals surface area (Å²) in [4.78, 5) is 8.95. The first-order valence-electron chi connectivity index (χ1n) is 6.01. The minimum absolute atomic E-state index is 0.684. The highest BCUT2D eigenvalue weighted by Crippen LogP contribution is 2.12. The maximum atomic E-state index is 5.82. The van der Waals surface area contributed by atoms with E-state index in [0.717, 1.165) is 45.1 Å². The molecule has 94 valence electrons. The number of rotatable bonds is 4. The third kappa shape index (κ3) is 3.84. The molecule has 0 radical (unpaired) electrons. The van der Waals surface area contributed by atoms with Crippen LogP contribution >= 0.6 is 11.6 Å². The highest BCUT2D eigenvalue weighted by molar-refractivity contribution is 6.30. The molecule has 0 spiro atoms. The number of likely N-dealkylation sites (N-methyl/N-ethyl adjacent to an activating group) is 1. The van der Waals surface area contributed by atoms with E-state index in [1.54, 1.807) is 6.20 Å². The quantitative estimate of drug-likeness (QED) is 0.871. The number of aromatic nitrogens is 1. The van der Waals surface area contributed by atoms with Gasteiger partial charge in [-0.1, -0.05) is 11.6 Å². The lowest BCUT2D eigenvalue weighted by molar-refractivity contribution is 0.246. The van der Waals surface area contributed by atoms with Gasteiger partial charge in [-0.3, -0.25) is 4.90 Å². The third-order valence-corrected chi connectivity index (χ3v) is 3.29. The minimum atomic E-state index is 0.684. The molecule has 17 heavy (non-hydrogen) atoms. The van der Waals surface area contributed by atoms with Crippen molar-refractivity contribution in [3.05, 3.63) is 23.4 Å². The lowest BCUT2D eigenvalue weighted by Gasteiger charge is -2.29. The lowest BCUT2D eigenvalue weighted by Crippen LogP contribution is -2.46. The predicted molar refractivity (Wildman–Crippen MR) is 71.8 cm³/mol. The van der Waals surface area contributed by atoms with E-state index in [-0.39, 0.29) is 0 Å². The number of hydrogen-bond acceptors (Lipinski definition) is 4. The Labute approximate surface area is 108 Å². The summed E-state index contributed by atoms with van der Waals surface area (Å²) in [6.07, 6.45) is 1.69. The molecule has 1 aromatic rings. The van der Waals surface area contributed by atoms with Crippen molar-refractivity contribution in [3.8, 4) is 0 Å². The van der Waals surface area contributed by atoms with Gasteiger partial charge in [-0.15, -0.1) is 0 Å². The Balaban J connectivity index is 1.80. The molecule has 1 N–H and O–H groups in total. The largest absolute Gasteiger partial charge is 0.358 e. The average Bonchev–Trinajstić information content (AvgIpc) is 2.38. The van der Waals surface area contributed by atoms with Gasteiger partial charge in [0.1, 0.15) is 5.82 Å². The van der Waals surface area contributed by atoms with Crippen LogP contribution in [0.25, 0.3) is 0 Å². The van der Waals surface area contributed by atoms with Gasteiger partial charge in [0, 0.05) is 52.5 Å². The average molecular weight is 255 g/mol. The van der Waals surface area contributed by atoms with Crippen molar-refractivity contribution in [2.24, 2.45) is 0 Å². The number of hydrogen-bond donors (Lipinski definition) is 1. The highest BCUT2D eigenvalue weighted by atomic mass is 35.5. The minimum Gasteiger partial charge on any atom is -0.358 e. The number of piperazine rings is 1. The highest BCUT2D eigenvalue weighted by Gasteiger charge is 2.10. The molecule has 0 atom stereocenters. The zero-order valence-electron chi connectivity index (χ0n) is 10.2. The van der Waals surface area contributed by atoms with Crippen molar-refractivity contribution < 1.29 is 0 Å². The van der Waals surface area contributed by atoms with Gasteiger partial charge >= 0.3 is 0 Å². The summed E-state index contributed by atoms with van der Waals surface area (Å²) in [6.45, 7) is 6.56. The summed E-state index contributed by atoms with van der Waals surface area (Å²) >= 11 is 5.82. The van der Waals surface area contributed by atoms with Crippen molar-refractivity contribution >= 4 is 17.4 Å². The summed E-state index contributed by atoms with van der Waals surface area (Å²) in [6, 6.07) is 3.84. The SMILES string of the molecule is CN(CCN1CCNCC1)c1ccc(Cl)cn1. The molecule has 5 heteroatoms. The molecule has 1 aromatic heterocycles. The number of anilines is 1. The predicted octanol–water partition coefficient (Wildman–Crippen LogP) is 1.08. The van der Waals surface area contributed by atoms with Crippen molar-refractivity contribution in [1.29, 1.82) is 0 Å². The Morgan fingerprint density at radius 2 is 2.18 bits per heavy atom. The normalized spacial score (nSPS) is 17.1. The molecule has 1 aliphatic heterocycles. The number of nitrogens with one attached hydrogen (secondary N) is 1. The molecule has 0 saturated carbocycles. The van der Waals surface area contributed by atoms with E-state index in [1.807, 2.05) is 12.1 Å². The maximum Gasteiger partial charge on any atom is 0.128 e. The van der Waals surface area contributed by atoms with Crippen LogP contribution in [0.15, 0.2) is 18.3 Å². The van der Waals surface area contributed by atoms with E-state index in [1.165, 1.54) is 0 Å². The summed E-state index contributed by atoms with van der Waals surface area (Å²) in [5.74, 6) is 0.976. The molecule has 1 saturated heterocycles. The van der Waals surface area contributed by atoms with Crippen LogP contribution in [-0.2, 0) is 0 Å². The van der Waals surface area contributed by atoms with E-state index in [4.69, 9.17) is 11.6 Å². The molecule has 2 heterocycles.